The van der Waals surface area contributed by atoms with Crippen molar-refractivity contribution in [3.8, 4) is 0 Å². The molecule has 2 aromatic rings. The number of likely N-dealkylation sites (N-methyl/N-ethyl adjacent to an activating group) is 1. The van der Waals surface area contributed by atoms with Gasteiger partial charge in [0.05, 0.1) is 30.9 Å². The number of aliphatic hydroxyl groups excluding tert-OH is 1. The molecule has 2 aliphatic rings. The maximum absolute atomic E-state index is 9.74. The third-order valence-corrected chi connectivity index (χ3v) is 4.83. The Balaban J connectivity index is 1.71. The fourth-order valence-electron chi connectivity index (χ4n) is 3.57. The predicted molar refractivity (Wildman–Crippen MR) is 86.0 cm³/mol. The van der Waals surface area contributed by atoms with Gasteiger partial charge in [0.2, 0.25) is 0 Å². The summed E-state index contributed by atoms with van der Waals surface area (Å²) in [6.07, 6.45) is 0.235. The number of aliphatic hydroxyl groups is 1. The van der Waals surface area contributed by atoms with Crippen LogP contribution in [0.15, 0.2) is 30.3 Å². The second-order valence-electron chi connectivity index (χ2n) is 6.18. The molecule has 0 radical (unpaired) electrons. The lowest BCUT2D eigenvalue weighted by atomic mass is 10.1. The van der Waals surface area contributed by atoms with Gasteiger partial charge in [-0.3, -0.25) is 4.90 Å². The quantitative estimate of drug-likeness (QED) is 0.904. The summed E-state index contributed by atoms with van der Waals surface area (Å²) in [5.74, 6) is 0.896. The number of pyridine rings is 1. The van der Waals surface area contributed by atoms with E-state index in [0.717, 1.165) is 48.5 Å². The standard InChI is InChI=1S/C17H21N3O2/c1-19-6-7-22-16-10-20(9-15(16)19)17-13(11-21)8-12-4-2-3-5-14(12)18-17/h2-5,8,15-16,21H,6-7,9-11H2,1H3. The molecule has 1 aromatic heterocycles. The number of hydrogen-bond donors (Lipinski definition) is 1. The van der Waals surface area contributed by atoms with Crippen molar-refractivity contribution in [2.24, 2.45) is 0 Å². The Labute approximate surface area is 130 Å². The number of nitrogens with zero attached hydrogens (tertiary/aromatic N) is 3. The molecule has 2 atom stereocenters. The van der Waals surface area contributed by atoms with E-state index in [9.17, 15) is 5.11 Å². The van der Waals surface area contributed by atoms with Crippen LogP contribution in [0.5, 0.6) is 0 Å². The van der Waals surface area contributed by atoms with Gasteiger partial charge in [0, 0.05) is 30.6 Å². The number of rotatable bonds is 2. The van der Waals surface area contributed by atoms with Gasteiger partial charge in [-0.1, -0.05) is 18.2 Å². The summed E-state index contributed by atoms with van der Waals surface area (Å²) in [7, 11) is 2.16. The number of ether oxygens (including phenoxy) is 1. The Morgan fingerprint density at radius 3 is 3.00 bits per heavy atom. The zero-order chi connectivity index (χ0) is 15.1. The first-order valence-electron chi connectivity index (χ1n) is 7.82. The zero-order valence-electron chi connectivity index (χ0n) is 12.8. The first-order valence-corrected chi connectivity index (χ1v) is 7.82. The molecule has 22 heavy (non-hydrogen) atoms. The van der Waals surface area contributed by atoms with E-state index in [2.05, 4.69) is 16.8 Å². The molecule has 5 nitrogen and oxygen atoms in total. The number of fused-ring (bicyclic) bond motifs is 2. The third-order valence-electron chi connectivity index (χ3n) is 4.83. The molecule has 0 aliphatic carbocycles. The van der Waals surface area contributed by atoms with Crippen LogP contribution in [0, 0.1) is 0 Å². The lowest BCUT2D eigenvalue weighted by Gasteiger charge is -2.33. The highest BCUT2D eigenvalue weighted by Crippen LogP contribution is 2.30. The molecule has 1 aromatic carbocycles. The van der Waals surface area contributed by atoms with Gasteiger partial charge in [-0.2, -0.15) is 0 Å². The van der Waals surface area contributed by atoms with E-state index in [0.29, 0.717) is 6.04 Å². The van der Waals surface area contributed by atoms with E-state index in [1.165, 1.54) is 0 Å². The SMILES string of the molecule is CN1CCOC2CN(c3nc4ccccc4cc3CO)CC21. The van der Waals surface area contributed by atoms with Gasteiger partial charge in [0.15, 0.2) is 0 Å². The summed E-state index contributed by atoms with van der Waals surface area (Å²) < 4.78 is 5.91. The van der Waals surface area contributed by atoms with Crippen molar-refractivity contribution >= 4 is 16.7 Å². The Morgan fingerprint density at radius 1 is 1.32 bits per heavy atom. The van der Waals surface area contributed by atoms with E-state index in [4.69, 9.17) is 9.72 Å². The summed E-state index contributed by atoms with van der Waals surface area (Å²) in [5, 5.41) is 10.8. The van der Waals surface area contributed by atoms with Crippen LogP contribution in [0.2, 0.25) is 0 Å². The molecule has 1 N–H and O–H groups in total. The van der Waals surface area contributed by atoms with E-state index < -0.39 is 0 Å². The molecule has 116 valence electrons. The monoisotopic (exact) mass is 299 g/mol. The number of anilines is 1. The van der Waals surface area contributed by atoms with Gasteiger partial charge in [0.1, 0.15) is 5.82 Å². The van der Waals surface area contributed by atoms with Gasteiger partial charge in [-0.25, -0.2) is 4.98 Å². The van der Waals surface area contributed by atoms with Crippen molar-refractivity contribution < 1.29 is 9.84 Å². The molecule has 2 unspecified atom stereocenters. The average Bonchev–Trinajstić information content (AvgIpc) is 2.99. The summed E-state index contributed by atoms with van der Waals surface area (Å²) in [6.45, 7) is 3.53. The minimum absolute atomic E-state index is 0.00962. The van der Waals surface area contributed by atoms with Crippen LogP contribution in [0.4, 0.5) is 5.82 Å². The lowest BCUT2D eigenvalue weighted by molar-refractivity contribution is -0.0362. The Hall–Kier alpha value is -1.69. The van der Waals surface area contributed by atoms with Crippen molar-refractivity contribution in [2.75, 3.05) is 38.2 Å². The van der Waals surface area contributed by atoms with Gasteiger partial charge >= 0.3 is 0 Å². The number of aromatic nitrogens is 1. The summed E-state index contributed by atoms with van der Waals surface area (Å²) in [4.78, 5) is 9.43. The fourth-order valence-corrected chi connectivity index (χ4v) is 3.57. The largest absolute Gasteiger partial charge is 0.392 e. The van der Waals surface area contributed by atoms with E-state index in [-0.39, 0.29) is 12.7 Å². The van der Waals surface area contributed by atoms with Gasteiger partial charge in [-0.15, -0.1) is 0 Å². The van der Waals surface area contributed by atoms with Crippen LogP contribution in [0.1, 0.15) is 5.56 Å². The van der Waals surface area contributed by atoms with Gasteiger partial charge in [-0.05, 0) is 19.2 Å². The van der Waals surface area contributed by atoms with Crippen molar-refractivity contribution in [1.82, 2.24) is 9.88 Å². The molecule has 0 amide bonds. The molecule has 2 fully saturated rings. The normalized spacial score (nSPS) is 25.6. The van der Waals surface area contributed by atoms with Crippen molar-refractivity contribution in [2.45, 2.75) is 18.8 Å². The maximum atomic E-state index is 9.74. The first-order chi connectivity index (χ1) is 10.8. The molecule has 0 spiro atoms. The number of morpholine rings is 1. The fraction of sp³-hybridized carbons (Fsp3) is 0.471. The van der Waals surface area contributed by atoms with Gasteiger partial charge < -0.3 is 14.7 Å². The molecule has 5 heteroatoms. The molecule has 4 rings (SSSR count). The lowest BCUT2D eigenvalue weighted by Crippen LogP contribution is -2.48. The molecule has 2 aliphatic heterocycles. The highest BCUT2D eigenvalue weighted by molar-refractivity contribution is 5.81. The summed E-state index contributed by atoms with van der Waals surface area (Å²) >= 11 is 0. The number of hydrogen-bond acceptors (Lipinski definition) is 5. The molecule has 0 bridgehead atoms. The highest BCUT2D eigenvalue weighted by atomic mass is 16.5. The molecular formula is C17H21N3O2. The number of para-hydroxylation sites is 1. The number of benzene rings is 1. The maximum Gasteiger partial charge on any atom is 0.134 e. The van der Waals surface area contributed by atoms with Crippen LogP contribution in [-0.4, -0.2) is 60.4 Å². The van der Waals surface area contributed by atoms with E-state index >= 15 is 0 Å². The van der Waals surface area contributed by atoms with E-state index in [1.54, 1.807) is 0 Å². The van der Waals surface area contributed by atoms with Crippen LogP contribution in [-0.2, 0) is 11.3 Å². The summed E-state index contributed by atoms with van der Waals surface area (Å²) in [6, 6.07) is 10.5. The smallest absolute Gasteiger partial charge is 0.134 e. The van der Waals surface area contributed by atoms with E-state index in [1.807, 2.05) is 30.3 Å². The van der Waals surface area contributed by atoms with Crippen molar-refractivity contribution in [3.05, 3.63) is 35.9 Å². The average molecular weight is 299 g/mol. The van der Waals surface area contributed by atoms with Gasteiger partial charge in [0.25, 0.3) is 0 Å². The minimum atomic E-state index is 0.00962. The van der Waals surface area contributed by atoms with Crippen LogP contribution < -0.4 is 4.90 Å². The predicted octanol–water partition coefficient (Wildman–Crippen LogP) is 1.25. The topological polar surface area (TPSA) is 48.8 Å². The Bertz CT molecular complexity index is 691. The molecule has 2 saturated heterocycles. The molecular weight excluding hydrogens is 278 g/mol. The minimum Gasteiger partial charge on any atom is -0.392 e. The highest BCUT2D eigenvalue weighted by Gasteiger charge is 2.39. The molecule has 3 heterocycles. The van der Waals surface area contributed by atoms with Crippen molar-refractivity contribution in [3.63, 3.8) is 0 Å². The Kier molecular flexibility index (Phi) is 3.48. The summed E-state index contributed by atoms with van der Waals surface area (Å²) in [5.41, 5.74) is 1.86. The van der Waals surface area contributed by atoms with Crippen LogP contribution in [0.25, 0.3) is 10.9 Å². The zero-order valence-corrected chi connectivity index (χ0v) is 12.8. The Morgan fingerprint density at radius 2 is 2.18 bits per heavy atom. The van der Waals surface area contributed by atoms with Crippen molar-refractivity contribution in [1.29, 1.82) is 0 Å². The third kappa shape index (κ3) is 2.26. The second-order valence-corrected chi connectivity index (χ2v) is 6.18. The van der Waals surface area contributed by atoms with Crippen LogP contribution in [0.3, 0.4) is 0 Å². The first kappa shape index (κ1) is 13.9. The molecule has 0 saturated carbocycles. The second kappa shape index (κ2) is 5.50. The van der Waals surface area contributed by atoms with Crippen LogP contribution >= 0.6 is 0 Å².